The van der Waals surface area contributed by atoms with Gasteiger partial charge in [-0.3, -0.25) is 15.0 Å². The molecule has 0 unspecified atom stereocenters. The molecule has 2 fully saturated rings. The highest BCUT2D eigenvalue weighted by Crippen LogP contribution is 2.37. The van der Waals surface area contributed by atoms with Crippen molar-refractivity contribution in [1.29, 1.82) is 0 Å². The number of pyridine rings is 2. The van der Waals surface area contributed by atoms with E-state index in [-0.39, 0.29) is 12.2 Å². The highest BCUT2D eigenvalue weighted by atomic mass is 35.5. The standard InChI is InChI=1S/C27H26Cl2N6O3/c1-16(24-20(28)13-30-14-21(24)29)37-18-4-5-22-19(11-18)25(33-32-22)17-3-6-23(31-12-17)35-15-27(38-26(35)36)7-9-34(2)10-8-27/h3-6,11-14,16H,7-10,15H2,1-2H3,(H,32,33)/t16-/m1/s1. The van der Waals surface area contributed by atoms with Crippen LogP contribution in [0.1, 0.15) is 31.4 Å². The SMILES string of the molecule is C[C@@H](Oc1ccc2[nH]nc(-c3ccc(N4CC5(CCN(C)CC5)OC4=O)nc3)c2c1)c1c(Cl)cncc1Cl. The summed E-state index contributed by atoms with van der Waals surface area (Å²) < 4.78 is 12.0. The van der Waals surface area contributed by atoms with Gasteiger partial charge in [-0.1, -0.05) is 23.2 Å². The number of hydrogen-bond acceptors (Lipinski definition) is 7. The first-order valence-electron chi connectivity index (χ1n) is 12.4. The molecule has 1 aromatic carbocycles. The number of benzene rings is 1. The van der Waals surface area contributed by atoms with Crippen molar-refractivity contribution in [3.05, 3.63) is 64.5 Å². The number of aromatic nitrogens is 4. The van der Waals surface area contributed by atoms with E-state index in [0.717, 1.165) is 48.1 Å². The zero-order valence-electron chi connectivity index (χ0n) is 20.9. The van der Waals surface area contributed by atoms with Crippen LogP contribution in [0.2, 0.25) is 10.0 Å². The molecule has 11 heteroatoms. The summed E-state index contributed by atoms with van der Waals surface area (Å²) >= 11 is 12.6. The maximum atomic E-state index is 12.7. The topological polar surface area (TPSA) is 96.5 Å². The second kappa shape index (κ2) is 9.72. The van der Waals surface area contributed by atoms with Crippen molar-refractivity contribution in [3.8, 4) is 17.0 Å². The molecule has 2 saturated heterocycles. The lowest BCUT2D eigenvalue weighted by Crippen LogP contribution is -2.45. The lowest BCUT2D eigenvalue weighted by molar-refractivity contribution is 0.00678. The van der Waals surface area contributed by atoms with Crippen LogP contribution < -0.4 is 9.64 Å². The van der Waals surface area contributed by atoms with E-state index in [1.54, 1.807) is 23.5 Å². The average molecular weight is 553 g/mol. The number of carbonyl (C=O) groups excluding carboxylic acids is 1. The molecule has 0 bridgehead atoms. The number of likely N-dealkylation sites (tertiary alicyclic amines) is 1. The van der Waals surface area contributed by atoms with Gasteiger partial charge in [-0.05, 0) is 44.3 Å². The number of amides is 1. The first-order valence-corrected chi connectivity index (χ1v) is 13.2. The van der Waals surface area contributed by atoms with Crippen LogP contribution in [-0.2, 0) is 4.74 Å². The third kappa shape index (κ3) is 4.55. The Labute approximate surface area is 229 Å². The minimum Gasteiger partial charge on any atom is -0.486 e. The number of ether oxygens (including phenoxy) is 2. The molecule has 1 spiro atoms. The van der Waals surface area contributed by atoms with E-state index in [1.165, 1.54) is 0 Å². The number of piperidine rings is 1. The van der Waals surface area contributed by atoms with E-state index in [1.807, 2.05) is 37.3 Å². The average Bonchev–Trinajstić information content (AvgIpc) is 3.46. The third-order valence-electron chi connectivity index (χ3n) is 7.31. The van der Waals surface area contributed by atoms with Crippen LogP contribution in [0.15, 0.2) is 48.9 Å². The van der Waals surface area contributed by atoms with Crippen molar-refractivity contribution in [2.24, 2.45) is 0 Å². The summed E-state index contributed by atoms with van der Waals surface area (Å²) in [7, 11) is 2.09. The summed E-state index contributed by atoms with van der Waals surface area (Å²) in [6.07, 6.45) is 5.74. The molecule has 1 N–H and O–H groups in total. The third-order valence-corrected chi connectivity index (χ3v) is 7.91. The Kier molecular flexibility index (Phi) is 6.37. The fraction of sp³-hybridized carbons (Fsp3) is 0.333. The second-order valence-electron chi connectivity index (χ2n) is 9.90. The highest BCUT2D eigenvalue weighted by Gasteiger charge is 2.47. The van der Waals surface area contributed by atoms with Crippen molar-refractivity contribution in [2.45, 2.75) is 31.5 Å². The molecule has 1 atom stereocenters. The molecule has 3 aromatic heterocycles. The van der Waals surface area contributed by atoms with Gasteiger partial charge in [-0.2, -0.15) is 5.10 Å². The van der Waals surface area contributed by atoms with Gasteiger partial charge < -0.3 is 14.4 Å². The number of nitrogens with one attached hydrogen (secondary N) is 1. The number of aromatic amines is 1. The van der Waals surface area contributed by atoms with Gasteiger partial charge in [0.05, 0.1) is 22.1 Å². The summed E-state index contributed by atoms with van der Waals surface area (Å²) in [6.45, 7) is 4.22. The predicted molar refractivity (Wildman–Crippen MR) is 146 cm³/mol. The summed E-state index contributed by atoms with van der Waals surface area (Å²) in [5.41, 5.74) is 2.65. The molecule has 0 aliphatic carbocycles. The molecular formula is C27H26Cl2N6O3. The molecule has 1 amide bonds. The molecule has 38 heavy (non-hydrogen) atoms. The molecule has 2 aliphatic heterocycles. The van der Waals surface area contributed by atoms with E-state index in [4.69, 9.17) is 32.7 Å². The molecule has 196 valence electrons. The molecule has 4 aromatic rings. The van der Waals surface area contributed by atoms with Crippen LogP contribution in [0.5, 0.6) is 5.75 Å². The minimum atomic E-state index is -0.430. The zero-order chi connectivity index (χ0) is 26.4. The minimum absolute atomic E-state index is 0.342. The smallest absolute Gasteiger partial charge is 0.416 e. The Morgan fingerprint density at radius 1 is 1.11 bits per heavy atom. The van der Waals surface area contributed by atoms with Crippen molar-refractivity contribution in [2.75, 3.05) is 31.6 Å². The van der Waals surface area contributed by atoms with Crippen LogP contribution in [0.4, 0.5) is 10.6 Å². The largest absolute Gasteiger partial charge is 0.486 e. The fourth-order valence-corrected chi connectivity index (χ4v) is 5.80. The molecule has 5 heterocycles. The first kappa shape index (κ1) is 24.9. The lowest BCUT2D eigenvalue weighted by atomic mass is 9.91. The van der Waals surface area contributed by atoms with E-state index >= 15 is 0 Å². The van der Waals surface area contributed by atoms with Gasteiger partial charge in [-0.25, -0.2) is 9.78 Å². The number of anilines is 1. The normalized spacial score (nSPS) is 18.2. The zero-order valence-corrected chi connectivity index (χ0v) is 22.5. The van der Waals surface area contributed by atoms with Crippen molar-refractivity contribution in [3.63, 3.8) is 0 Å². The Hall–Kier alpha value is -3.40. The lowest BCUT2D eigenvalue weighted by Gasteiger charge is -2.35. The van der Waals surface area contributed by atoms with Crippen molar-refractivity contribution < 1.29 is 14.3 Å². The van der Waals surface area contributed by atoms with E-state index in [0.29, 0.717) is 33.7 Å². The summed E-state index contributed by atoms with van der Waals surface area (Å²) in [4.78, 5) is 25.2. The van der Waals surface area contributed by atoms with Crippen LogP contribution >= 0.6 is 23.2 Å². The van der Waals surface area contributed by atoms with E-state index in [9.17, 15) is 4.79 Å². The van der Waals surface area contributed by atoms with Gasteiger partial charge in [0.15, 0.2) is 0 Å². The van der Waals surface area contributed by atoms with Gasteiger partial charge in [0.1, 0.15) is 29.0 Å². The number of hydrogen-bond donors (Lipinski definition) is 1. The molecule has 6 rings (SSSR count). The van der Waals surface area contributed by atoms with Crippen LogP contribution in [0, 0.1) is 0 Å². The summed E-state index contributed by atoms with van der Waals surface area (Å²) in [5, 5.41) is 9.35. The second-order valence-corrected chi connectivity index (χ2v) is 10.7. The monoisotopic (exact) mass is 552 g/mol. The Morgan fingerprint density at radius 2 is 1.87 bits per heavy atom. The van der Waals surface area contributed by atoms with Gasteiger partial charge >= 0.3 is 6.09 Å². The molecule has 2 aliphatic rings. The number of H-pyrrole nitrogens is 1. The number of fused-ring (bicyclic) bond motifs is 1. The first-order chi connectivity index (χ1) is 18.3. The van der Waals surface area contributed by atoms with Crippen LogP contribution in [0.25, 0.3) is 22.2 Å². The number of nitrogens with zero attached hydrogens (tertiary/aromatic N) is 5. The maximum Gasteiger partial charge on any atom is 0.416 e. The van der Waals surface area contributed by atoms with E-state index in [2.05, 4.69) is 32.1 Å². The van der Waals surface area contributed by atoms with Crippen molar-refractivity contribution >= 4 is 46.0 Å². The Bertz CT molecular complexity index is 1480. The molecule has 0 saturated carbocycles. The van der Waals surface area contributed by atoms with Gasteiger partial charge in [0, 0.05) is 61.0 Å². The van der Waals surface area contributed by atoms with E-state index < -0.39 is 5.60 Å². The maximum absolute atomic E-state index is 12.7. The summed E-state index contributed by atoms with van der Waals surface area (Å²) in [6, 6.07) is 9.44. The van der Waals surface area contributed by atoms with Gasteiger partial charge in [-0.15, -0.1) is 0 Å². The Balaban J connectivity index is 1.23. The molecule has 9 nitrogen and oxygen atoms in total. The quantitative estimate of drug-likeness (QED) is 0.329. The number of rotatable bonds is 5. The van der Waals surface area contributed by atoms with Crippen LogP contribution in [-0.4, -0.2) is 63.4 Å². The Morgan fingerprint density at radius 3 is 2.58 bits per heavy atom. The van der Waals surface area contributed by atoms with Crippen LogP contribution in [0.3, 0.4) is 0 Å². The van der Waals surface area contributed by atoms with Gasteiger partial charge in [0.25, 0.3) is 0 Å². The number of halogens is 2. The molecule has 0 radical (unpaired) electrons. The fourth-order valence-electron chi connectivity index (χ4n) is 5.13. The predicted octanol–water partition coefficient (Wildman–Crippen LogP) is 5.89. The van der Waals surface area contributed by atoms with Crippen molar-refractivity contribution in [1.82, 2.24) is 25.1 Å². The summed E-state index contributed by atoms with van der Waals surface area (Å²) in [5.74, 6) is 1.21. The molecular weight excluding hydrogens is 527 g/mol. The highest BCUT2D eigenvalue weighted by molar-refractivity contribution is 6.35. The number of carbonyl (C=O) groups is 1. The van der Waals surface area contributed by atoms with Gasteiger partial charge in [0.2, 0.25) is 0 Å².